The lowest BCUT2D eigenvalue weighted by molar-refractivity contribution is 0.0910. The van der Waals surface area contributed by atoms with Crippen molar-refractivity contribution in [3.05, 3.63) is 52.7 Å². The number of carbonyl (C=O) groups excluding carboxylic acids is 1. The number of furan rings is 1. The smallest absolute Gasteiger partial charge is 0.287 e. The molecule has 2 aromatic heterocycles. The van der Waals surface area contributed by atoms with Crippen LogP contribution >= 0.6 is 0 Å². The number of rotatable bonds is 7. The van der Waals surface area contributed by atoms with Crippen molar-refractivity contribution in [1.82, 2.24) is 15.2 Å². The molecule has 1 atom stereocenters. The van der Waals surface area contributed by atoms with Gasteiger partial charge in [-0.25, -0.2) is 0 Å². The van der Waals surface area contributed by atoms with Crippen molar-refractivity contribution in [2.75, 3.05) is 13.1 Å². The molecular formula is C21H29N3O2. The first-order valence-corrected chi connectivity index (χ1v) is 9.62. The molecule has 0 unspecified atom stereocenters. The molecule has 5 nitrogen and oxygen atoms in total. The second-order valence-corrected chi connectivity index (χ2v) is 7.24. The van der Waals surface area contributed by atoms with E-state index in [-0.39, 0.29) is 11.9 Å². The Morgan fingerprint density at radius 2 is 2.12 bits per heavy atom. The van der Waals surface area contributed by atoms with Crippen LogP contribution in [0.3, 0.4) is 0 Å². The molecule has 3 rings (SSSR count). The van der Waals surface area contributed by atoms with E-state index in [4.69, 9.17) is 4.42 Å². The molecule has 1 aliphatic heterocycles. The van der Waals surface area contributed by atoms with Crippen LogP contribution in [-0.4, -0.2) is 34.9 Å². The lowest BCUT2D eigenvalue weighted by Crippen LogP contribution is -2.34. The summed E-state index contributed by atoms with van der Waals surface area (Å²) in [5.41, 5.74) is 3.12. The Morgan fingerprint density at radius 1 is 1.35 bits per heavy atom. The fourth-order valence-electron chi connectivity index (χ4n) is 3.57. The van der Waals surface area contributed by atoms with E-state index in [1.54, 1.807) is 0 Å². The lowest BCUT2D eigenvalue weighted by atomic mass is 10.1. The van der Waals surface area contributed by atoms with Gasteiger partial charge in [-0.2, -0.15) is 0 Å². The van der Waals surface area contributed by atoms with Gasteiger partial charge in [-0.05, 0) is 58.0 Å². The Balaban J connectivity index is 1.62. The van der Waals surface area contributed by atoms with Crippen molar-refractivity contribution in [1.29, 1.82) is 0 Å². The number of nitrogens with zero attached hydrogens (tertiary/aromatic N) is 2. The molecule has 140 valence electrons. The van der Waals surface area contributed by atoms with E-state index >= 15 is 0 Å². The van der Waals surface area contributed by atoms with E-state index < -0.39 is 0 Å². The standard InChI is InChI=1S/C21H29N3O2/c1-4-19-17(14-24-10-5-6-11-24)13-20(26-19)21(25)23-16(3)12-18-9-7-8-15(2)22-18/h7-9,13,16H,4-6,10-12,14H2,1-3H3,(H,23,25)/t16-/m1/s1. The third kappa shape index (κ3) is 4.73. The Morgan fingerprint density at radius 3 is 2.81 bits per heavy atom. The molecule has 2 aromatic rings. The van der Waals surface area contributed by atoms with Gasteiger partial charge in [0.1, 0.15) is 5.76 Å². The van der Waals surface area contributed by atoms with Gasteiger partial charge < -0.3 is 9.73 Å². The molecule has 5 heteroatoms. The summed E-state index contributed by atoms with van der Waals surface area (Å²) in [7, 11) is 0. The van der Waals surface area contributed by atoms with Gasteiger partial charge in [-0.1, -0.05) is 13.0 Å². The fourth-order valence-corrected chi connectivity index (χ4v) is 3.57. The normalized spacial score (nSPS) is 16.0. The van der Waals surface area contributed by atoms with Crippen LogP contribution in [-0.2, 0) is 19.4 Å². The van der Waals surface area contributed by atoms with E-state index in [0.29, 0.717) is 12.2 Å². The van der Waals surface area contributed by atoms with Gasteiger partial charge in [0.2, 0.25) is 0 Å². The number of amides is 1. The minimum Gasteiger partial charge on any atom is -0.456 e. The van der Waals surface area contributed by atoms with Crippen LogP contribution in [0.4, 0.5) is 0 Å². The first kappa shape index (κ1) is 18.6. The topological polar surface area (TPSA) is 58.4 Å². The highest BCUT2D eigenvalue weighted by molar-refractivity contribution is 5.92. The van der Waals surface area contributed by atoms with Gasteiger partial charge in [-0.15, -0.1) is 0 Å². The first-order valence-electron chi connectivity index (χ1n) is 9.62. The second-order valence-electron chi connectivity index (χ2n) is 7.24. The summed E-state index contributed by atoms with van der Waals surface area (Å²) in [4.78, 5) is 19.5. The molecule has 0 aliphatic carbocycles. The third-order valence-corrected chi connectivity index (χ3v) is 4.87. The van der Waals surface area contributed by atoms with E-state index in [1.165, 1.54) is 12.8 Å². The van der Waals surface area contributed by atoms with Crippen LogP contribution in [0.25, 0.3) is 0 Å². The number of carbonyl (C=O) groups is 1. The predicted molar refractivity (Wildman–Crippen MR) is 102 cm³/mol. The van der Waals surface area contributed by atoms with Crippen molar-refractivity contribution in [3.63, 3.8) is 0 Å². The Kier molecular flexibility index (Phi) is 6.09. The maximum absolute atomic E-state index is 12.6. The van der Waals surface area contributed by atoms with Crippen molar-refractivity contribution in [2.24, 2.45) is 0 Å². The van der Waals surface area contributed by atoms with E-state index in [0.717, 1.165) is 48.8 Å². The molecule has 1 N–H and O–H groups in total. The Labute approximate surface area is 155 Å². The van der Waals surface area contributed by atoms with Crippen molar-refractivity contribution in [3.8, 4) is 0 Å². The van der Waals surface area contributed by atoms with Crippen LogP contribution in [0.15, 0.2) is 28.7 Å². The molecule has 0 saturated carbocycles. The van der Waals surface area contributed by atoms with Gasteiger partial charge >= 0.3 is 0 Å². The van der Waals surface area contributed by atoms with Gasteiger partial charge in [0, 0.05) is 42.4 Å². The summed E-state index contributed by atoms with van der Waals surface area (Å²) in [6.45, 7) is 9.19. The number of hydrogen-bond donors (Lipinski definition) is 1. The monoisotopic (exact) mass is 355 g/mol. The highest BCUT2D eigenvalue weighted by Crippen LogP contribution is 2.21. The average molecular weight is 355 g/mol. The molecule has 3 heterocycles. The molecule has 0 aromatic carbocycles. The van der Waals surface area contributed by atoms with Crippen molar-refractivity contribution >= 4 is 5.91 Å². The summed E-state index contributed by atoms with van der Waals surface area (Å²) >= 11 is 0. The third-order valence-electron chi connectivity index (χ3n) is 4.87. The minimum atomic E-state index is -0.146. The highest BCUT2D eigenvalue weighted by Gasteiger charge is 2.20. The number of aryl methyl sites for hydroxylation is 2. The second kappa shape index (κ2) is 8.49. The number of pyridine rings is 1. The maximum atomic E-state index is 12.6. The zero-order valence-corrected chi connectivity index (χ0v) is 16.0. The summed E-state index contributed by atoms with van der Waals surface area (Å²) < 4.78 is 5.85. The van der Waals surface area contributed by atoms with E-state index in [1.807, 2.05) is 38.1 Å². The van der Waals surface area contributed by atoms with Gasteiger partial charge in [-0.3, -0.25) is 14.7 Å². The van der Waals surface area contributed by atoms with Crippen LogP contribution in [0.1, 0.15) is 60.0 Å². The molecule has 0 spiro atoms. The van der Waals surface area contributed by atoms with E-state index in [9.17, 15) is 4.79 Å². The zero-order chi connectivity index (χ0) is 18.5. The van der Waals surface area contributed by atoms with Crippen molar-refractivity contribution < 1.29 is 9.21 Å². The van der Waals surface area contributed by atoms with E-state index in [2.05, 4.69) is 22.1 Å². The number of nitrogens with one attached hydrogen (secondary N) is 1. The lowest BCUT2D eigenvalue weighted by Gasteiger charge is -2.13. The van der Waals surface area contributed by atoms with Gasteiger partial charge in [0.05, 0.1) is 0 Å². The summed E-state index contributed by atoms with van der Waals surface area (Å²) in [5, 5.41) is 3.04. The maximum Gasteiger partial charge on any atom is 0.287 e. The zero-order valence-electron chi connectivity index (χ0n) is 16.0. The average Bonchev–Trinajstić information content (AvgIpc) is 3.24. The van der Waals surface area contributed by atoms with Crippen molar-refractivity contribution in [2.45, 2.75) is 59.0 Å². The molecule has 26 heavy (non-hydrogen) atoms. The summed E-state index contributed by atoms with van der Waals surface area (Å²) in [6, 6.07) is 7.88. The number of hydrogen-bond acceptors (Lipinski definition) is 4. The first-order chi connectivity index (χ1) is 12.5. The Hall–Kier alpha value is -2.14. The molecule has 1 saturated heterocycles. The fraction of sp³-hybridized carbons (Fsp3) is 0.524. The quantitative estimate of drug-likeness (QED) is 0.826. The molecule has 1 amide bonds. The molecular weight excluding hydrogens is 326 g/mol. The minimum absolute atomic E-state index is 0.00555. The Bertz CT molecular complexity index is 747. The van der Waals surface area contributed by atoms with Gasteiger partial charge in [0.25, 0.3) is 5.91 Å². The van der Waals surface area contributed by atoms with Crippen LogP contribution in [0.2, 0.25) is 0 Å². The van der Waals surface area contributed by atoms with Gasteiger partial charge in [0.15, 0.2) is 5.76 Å². The highest BCUT2D eigenvalue weighted by atomic mass is 16.4. The molecule has 1 fully saturated rings. The van der Waals surface area contributed by atoms with Crippen LogP contribution < -0.4 is 5.32 Å². The SMILES string of the molecule is CCc1oc(C(=O)N[C@H](C)Cc2cccc(C)n2)cc1CN1CCCC1. The molecule has 0 bridgehead atoms. The molecule has 0 radical (unpaired) electrons. The molecule has 1 aliphatic rings. The number of likely N-dealkylation sites (tertiary alicyclic amines) is 1. The van der Waals surface area contributed by atoms with Crippen LogP contribution in [0.5, 0.6) is 0 Å². The summed E-state index contributed by atoms with van der Waals surface area (Å²) in [6.07, 6.45) is 4.03. The predicted octanol–water partition coefficient (Wildman–Crippen LogP) is 3.50. The van der Waals surface area contributed by atoms with Crippen LogP contribution in [0, 0.1) is 6.92 Å². The largest absolute Gasteiger partial charge is 0.456 e. The number of aromatic nitrogens is 1. The summed E-state index contributed by atoms with van der Waals surface area (Å²) in [5.74, 6) is 1.20.